The minimum absolute atomic E-state index is 0.0402. The number of rotatable bonds is 6. The highest BCUT2D eigenvalue weighted by molar-refractivity contribution is 6.15. The highest BCUT2D eigenvalue weighted by atomic mass is 16.5. The first-order valence-corrected chi connectivity index (χ1v) is 11.1. The normalized spacial score (nSPS) is 16.3. The molecule has 1 unspecified atom stereocenters. The molecule has 1 saturated heterocycles. The van der Waals surface area contributed by atoms with E-state index >= 15 is 0 Å². The molecule has 3 aromatic carbocycles. The van der Waals surface area contributed by atoms with E-state index in [0.717, 1.165) is 48.2 Å². The molecule has 1 aliphatic heterocycles. The van der Waals surface area contributed by atoms with Crippen LogP contribution in [0.15, 0.2) is 60.7 Å². The summed E-state index contributed by atoms with van der Waals surface area (Å²) in [6, 6.07) is 20.1. The van der Waals surface area contributed by atoms with Gasteiger partial charge in [0.25, 0.3) is 0 Å². The van der Waals surface area contributed by atoms with Gasteiger partial charge in [-0.05, 0) is 74.7 Å². The summed E-state index contributed by atoms with van der Waals surface area (Å²) in [5.74, 6) is 0.824. The zero-order valence-corrected chi connectivity index (χ0v) is 18.1. The summed E-state index contributed by atoms with van der Waals surface area (Å²) in [6.07, 6.45) is 2.33. The van der Waals surface area contributed by atoms with Crippen molar-refractivity contribution in [3.05, 3.63) is 77.4 Å². The Balaban J connectivity index is 1.44. The van der Waals surface area contributed by atoms with E-state index in [0.29, 0.717) is 17.7 Å². The SMILES string of the molecule is CCn1c2ccccc2c2cc(C(=O)c3ccc(OCC4CCCO4)cc3C)ccc21. The van der Waals surface area contributed by atoms with Crippen molar-refractivity contribution in [2.45, 2.75) is 39.3 Å². The molecule has 4 nitrogen and oxygen atoms in total. The first kappa shape index (κ1) is 19.8. The number of aromatic nitrogens is 1. The first-order chi connectivity index (χ1) is 15.2. The number of carbonyl (C=O) groups excluding carboxylic acids is 1. The van der Waals surface area contributed by atoms with Crippen LogP contribution in [0.2, 0.25) is 0 Å². The van der Waals surface area contributed by atoms with Crippen LogP contribution < -0.4 is 4.74 Å². The van der Waals surface area contributed by atoms with Crippen molar-refractivity contribution in [1.82, 2.24) is 4.57 Å². The summed E-state index contributed by atoms with van der Waals surface area (Å²) >= 11 is 0. The number of carbonyl (C=O) groups is 1. The van der Waals surface area contributed by atoms with Crippen LogP contribution in [0.1, 0.15) is 41.3 Å². The number of nitrogens with zero attached hydrogens (tertiary/aromatic N) is 1. The second kappa shape index (κ2) is 8.20. The van der Waals surface area contributed by atoms with Crippen LogP contribution in [0, 0.1) is 6.92 Å². The van der Waals surface area contributed by atoms with Crippen molar-refractivity contribution in [3.8, 4) is 5.75 Å². The monoisotopic (exact) mass is 413 g/mol. The number of benzene rings is 3. The molecule has 0 radical (unpaired) electrons. The van der Waals surface area contributed by atoms with Gasteiger partial charge in [0.15, 0.2) is 5.78 Å². The summed E-state index contributed by atoms with van der Waals surface area (Å²) in [6.45, 7) is 6.39. The van der Waals surface area contributed by atoms with Crippen molar-refractivity contribution in [2.75, 3.05) is 13.2 Å². The lowest BCUT2D eigenvalue weighted by Gasteiger charge is -2.13. The molecule has 0 spiro atoms. The van der Waals surface area contributed by atoms with Gasteiger partial charge in [0, 0.05) is 46.1 Å². The van der Waals surface area contributed by atoms with E-state index in [1.54, 1.807) is 0 Å². The summed E-state index contributed by atoms with van der Waals surface area (Å²) in [5.41, 5.74) is 4.71. The van der Waals surface area contributed by atoms with Gasteiger partial charge in [-0.15, -0.1) is 0 Å². The molecule has 5 rings (SSSR count). The maximum absolute atomic E-state index is 13.3. The largest absolute Gasteiger partial charge is 0.491 e. The van der Waals surface area contributed by atoms with Gasteiger partial charge >= 0.3 is 0 Å². The van der Waals surface area contributed by atoms with Crippen LogP contribution in [0.4, 0.5) is 0 Å². The van der Waals surface area contributed by atoms with Crippen LogP contribution >= 0.6 is 0 Å². The van der Waals surface area contributed by atoms with E-state index in [9.17, 15) is 4.79 Å². The topological polar surface area (TPSA) is 40.5 Å². The number of ketones is 1. The summed E-state index contributed by atoms with van der Waals surface area (Å²) in [7, 11) is 0. The summed E-state index contributed by atoms with van der Waals surface area (Å²) in [5, 5.41) is 2.31. The molecule has 0 aliphatic carbocycles. The molecule has 0 saturated carbocycles. The van der Waals surface area contributed by atoms with Gasteiger partial charge in [-0.1, -0.05) is 18.2 Å². The molecule has 2 heterocycles. The number of aryl methyl sites for hydroxylation is 2. The van der Waals surface area contributed by atoms with E-state index in [4.69, 9.17) is 9.47 Å². The molecule has 0 N–H and O–H groups in total. The first-order valence-electron chi connectivity index (χ1n) is 11.1. The van der Waals surface area contributed by atoms with Crippen molar-refractivity contribution in [2.24, 2.45) is 0 Å². The minimum Gasteiger partial charge on any atom is -0.491 e. The summed E-state index contributed by atoms with van der Waals surface area (Å²) < 4.78 is 13.8. The second-order valence-corrected chi connectivity index (χ2v) is 8.25. The minimum atomic E-state index is 0.0402. The van der Waals surface area contributed by atoms with Crippen LogP contribution in [0.25, 0.3) is 21.8 Å². The van der Waals surface area contributed by atoms with Crippen molar-refractivity contribution in [1.29, 1.82) is 0 Å². The third-order valence-electron chi connectivity index (χ3n) is 6.25. The van der Waals surface area contributed by atoms with E-state index in [1.807, 2.05) is 37.3 Å². The maximum atomic E-state index is 13.3. The molecule has 31 heavy (non-hydrogen) atoms. The Kier molecular flexibility index (Phi) is 5.24. The van der Waals surface area contributed by atoms with Crippen LogP contribution in [-0.2, 0) is 11.3 Å². The number of para-hydroxylation sites is 1. The predicted octanol–water partition coefficient (Wildman–Crippen LogP) is 5.91. The molecule has 1 aromatic heterocycles. The van der Waals surface area contributed by atoms with Gasteiger partial charge in [-0.25, -0.2) is 0 Å². The van der Waals surface area contributed by atoms with Crippen molar-refractivity contribution >= 4 is 27.6 Å². The highest BCUT2D eigenvalue weighted by Gasteiger charge is 2.18. The van der Waals surface area contributed by atoms with Gasteiger partial charge in [-0.2, -0.15) is 0 Å². The van der Waals surface area contributed by atoms with E-state index in [1.165, 1.54) is 10.9 Å². The fourth-order valence-electron chi connectivity index (χ4n) is 4.64. The number of hydrogen-bond acceptors (Lipinski definition) is 3. The average Bonchev–Trinajstić information content (AvgIpc) is 3.43. The predicted molar refractivity (Wildman–Crippen MR) is 124 cm³/mol. The highest BCUT2D eigenvalue weighted by Crippen LogP contribution is 2.31. The molecule has 1 fully saturated rings. The Bertz CT molecular complexity index is 1260. The molecule has 0 bridgehead atoms. The average molecular weight is 414 g/mol. The second-order valence-electron chi connectivity index (χ2n) is 8.25. The lowest BCUT2D eigenvalue weighted by molar-refractivity contribution is 0.0679. The van der Waals surface area contributed by atoms with Gasteiger partial charge < -0.3 is 14.0 Å². The lowest BCUT2D eigenvalue weighted by Crippen LogP contribution is -2.16. The molecule has 1 aliphatic rings. The van der Waals surface area contributed by atoms with E-state index < -0.39 is 0 Å². The smallest absolute Gasteiger partial charge is 0.193 e. The third kappa shape index (κ3) is 3.61. The molecule has 4 heteroatoms. The Labute approximate surface area is 182 Å². The Morgan fingerprint density at radius 3 is 2.68 bits per heavy atom. The standard InChI is InChI=1S/C27H27NO3/c1-3-28-25-9-5-4-8-23(25)24-16-19(10-13-26(24)28)27(29)22-12-11-20(15-18(22)2)31-17-21-7-6-14-30-21/h4-5,8-13,15-16,21H,3,6-7,14,17H2,1-2H3. The number of fused-ring (bicyclic) bond motifs is 3. The maximum Gasteiger partial charge on any atom is 0.193 e. The van der Waals surface area contributed by atoms with Crippen molar-refractivity contribution in [3.63, 3.8) is 0 Å². The third-order valence-corrected chi connectivity index (χ3v) is 6.25. The fourth-order valence-corrected chi connectivity index (χ4v) is 4.64. The van der Waals surface area contributed by atoms with Gasteiger partial charge in [0.2, 0.25) is 0 Å². The quantitative estimate of drug-likeness (QED) is 0.369. The number of hydrogen-bond donors (Lipinski definition) is 0. The molecular formula is C27H27NO3. The molecule has 0 amide bonds. The molecular weight excluding hydrogens is 386 g/mol. The van der Waals surface area contributed by atoms with Gasteiger partial charge in [0.05, 0.1) is 6.10 Å². The molecule has 4 aromatic rings. The zero-order chi connectivity index (χ0) is 21.4. The van der Waals surface area contributed by atoms with E-state index in [-0.39, 0.29) is 11.9 Å². The van der Waals surface area contributed by atoms with Crippen LogP contribution in [0.3, 0.4) is 0 Å². The molecule has 158 valence electrons. The Morgan fingerprint density at radius 1 is 1.06 bits per heavy atom. The number of ether oxygens (including phenoxy) is 2. The Morgan fingerprint density at radius 2 is 1.90 bits per heavy atom. The Hall–Kier alpha value is -3.11. The fraction of sp³-hybridized carbons (Fsp3) is 0.296. The van der Waals surface area contributed by atoms with E-state index in [2.05, 4.69) is 41.8 Å². The summed E-state index contributed by atoms with van der Waals surface area (Å²) in [4.78, 5) is 13.3. The zero-order valence-electron chi connectivity index (χ0n) is 18.1. The van der Waals surface area contributed by atoms with Crippen molar-refractivity contribution < 1.29 is 14.3 Å². The van der Waals surface area contributed by atoms with Gasteiger partial charge in [0.1, 0.15) is 12.4 Å². The lowest BCUT2D eigenvalue weighted by atomic mass is 9.97. The van der Waals surface area contributed by atoms with Gasteiger partial charge in [-0.3, -0.25) is 4.79 Å². The molecule has 1 atom stereocenters. The van der Waals surface area contributed by atoms with Crippen LogP contribution in [-0.4, -0.2) is 29.7 Å². The van der Waals surface area contributed by atoms with Crippen LogP contribution in [0.5, 0.6) is 5.75 Å².